The summed E-state index contributed by atoms with van der Waals surface area (Å²) in [5.74, 6) is 2.35. The summed E-state index contributed by atoms with van der Waals surface area (Å²) in [6.45, 7) is 12.6. The number of hydrogen-bond donors (Lipinski definition) is 0. The minimum atomic E-state index is -0.314. The first-order chi connectivity index (χ1) is 38.5. The second-order valence-corrected chi connectivity index (χ2v) is 22.2. The molecule has 0 unspecified atom stereocenters. The Morgan fingerprint density at radius 1 is 0.487 bits per heavy atom. The Morgan fingerprint density at radius 2 is 0.887 bits per heavy atom. The first-order valence-corrected chi connectivity index (χ1v) is 27.9. The maximum Gasteiger partial charge on any atom is 0.494 e. The molecule has 5 heterocycles. The number of benzene rings is 6. The average Bonchev–Trinajstić information content (AvgIpc) is 4.13. The molecule has 0 bridgehead atoms. The van der Waals surface area contributed by atoms with Gasteiger partial charge in [-0.15, -0.1) is 0 Å². The van der Waals surface area contributed by atoms with Crippen LogP contribution in [0.25, 0.3) is 55.8 Å². The van der Waals surface area contributed by atoms with Crippen LogP contribution in [-0.2, 0) is 22.4 Å². The fourth-order valence-corrected chi connectivity index (χ4v) is 9.93. The molecule has 6 aromatic carbocycles. The maximum atomic E-state index is 13.2. The number of likely N-dealkylation sites (N-methyl/N-ethyl adjacent to an activating group) is 2. The van der Waals surface area contributed by atoms with E-state index in [9.17, 15) is 9.59 Å². The maximum absolute atomic E-state index is 13.2. The predicted molar refractivity (Wildman–Crippen MR) is 331 cm³/mol. The van der Waals surface area contributed by atoms with E-state index in [4.69, 9.17) is 27.6 Å². The van der Waals surface area contributed by atoms with Crippen LogP contribution in [0.5, 0.6) is 11.5 Å². The highest BCUT2D eigenvalue weighted by Gasteiger charge is 2.51. The summed E-state index contributed by atoms with van der Waals surface area (Å²) in [5, 5.41) is 1.24. The number of pyridine rings is 2. The van der Waals surface area contributed by atoms with Crippen LogP contribution in [0.15, 0.2) is 213 Å². The van der Waals surface area contributed by atoms with Crippen LogP contribution in [0.2, 0.25) is 0 Å². The molecule has 11 rings (SSSR count). The van der Waals surface area contributed by atoms with Crippen molar-refractivity contribution >= 4 is 57.4 Å². The van der Waals surface area contributed by atoms with Crippen LogP contribution in [0.4, 0.5) is 0 Å². The van der Waals surface area contributed by atoms with Gasteiger partial charge in [0.2, 0.25) is 11.4 Å². The number of halogens is 1. The van der Waals surface area contributed by atoms with Crippen LogP contribution >= 0.6 is 22.6 Å². The Hall–Kier alpha value is -7.47. The van der Waals surface area contributed by atoms with E-state index in [0.717, 1.165) is 72.8 Å². The minimum absolute atomic E-state index is 0.0140. The summed E-state index contributed by atoms with van der Waals surface area (Å²) >= 11 is 2.16. The zero-order valence-electron chi connectivity index (χ0n) is 46.7. The van der Waals surface area contributed by atoms with Crippen LogP contribution in [-0.4, -0.2) is 91.7 Å². The van der Waals surface area contributed by atoms with Crippen LogP contribution in [0.1, 0.15) is 38.8 Å². The zero-order chi connectivity index (χ0) is 56.4. The number of hydrogen-bond acceptors (Lipinski definition) is 10. The third-order valence-corrected chi connectivity index (χ3v) is 15.0. The van der Waals surface area contributed by atoms with Crippen molar-refractivity contribution in [2.45, 2.75) is 52.0 Å². The standard InChI is InChI=1S/C30H28N2O3.C20H14INO2.C16H26BNO3/c1-31(2)19-20-34-25-15-13-24(14-16-25)29-27(23-11-7-4-8-12-23)28-26(33)17-18-32(30(28)35-29)21-22-9-5-3-6-10-22;21-19-17(15-9-5-2-6-10-15)18-16(23)11-12-22(20(18)24-19)13-14-7-3-1-4-8-14;1-15(2)16(3,4)21-17(20-15)13-7-9-14(10-8-13)19-12-11-18(5)6/h3-18H,19-21H2,1-2H3;1-12H,13H2;7-10H,11-12H2,1-6H3. The van der Waals surface area contributed by atoms with E-state index in [0.29, 0.717) is 54.3 Å². The fourth-order valence-electron chi connectivity index (χ4n) is 9.14. The minimum Gasteiger partial charge on any atom is -0.492 e. The smallest absolute Gasteiger partial charge is 0.492 e. The molecule has 0 N–H and O–H groups in total. The number of fused-ring (bicyclic) bond motifs is 2. The molecule has 0 spiro atoms. The first kappa shape index (κ1) is 57.2. The van der Waals surface area contributed by atoms with Crippen molar-refractivity contribution in [3.05, 3.63) is 230 Å². The van der Waals surface area contributed by atoms with E-state index < -0.39 is 0 Å². The Kier molecular flexibility index (Phi) is 18.4. The molecule has 1 aliphatic heterocycles. The molecule has 0 radical (unpaired) electrons. The Bertz CT molecular complexity index is 3710. The third kappa shape index (κ3) is 13.7. The lowest BCUT2D eigenvalue weighted by molar-refractivity contribution is 0.00578. The van der Waals surface area contributed by atoms with E-state index in [1.165, 1.54) is 0 Å². The van der Waals surface area contributed by atoms with Gasteiger partial charge in [-0.1, -0.05) is 133 Å². The van der Waals surface area contributed by atoms with Crippen molar-refractivity contribution in [2.75, 3.05) is 54.5 Å². The van der Waals surface area contributed by atoms with Gasteiger partial charge in [-0.05, 0) is 120 Å². The fraction of sp³-hybridized carbons (Fsp3) is 0.242. The lowest BCUT2D eigenvalue weighted by atomic mass is 9.79. The van der Waals surface area contributed by atoms with Gasteiger partial charge < -0.3 is 46.6 Å². The van der Waals surface area contributed by atoms with Crippen molar-refractivity contribution in [3.8, 4) is 45.1 Å². The molecule has 1 saturated heterocycles. The van der Waals surface area contributed by atoms with Gasteiger partial charge in [0, 0.05) is 76.9 Å². The van der Waals surface area contributed by atoms with Gasteiger partial charge in [0.15, 0.2) is 14.6 Å². The topological polar surface area (TPSA) is 114 Å². The van der Waals surface area contributed by atoms with E-state index >= 15 is 0 Å². The Balaban J connectivity index is 0.000000152. The van der Waals surface area contributed by atoms with Crippen molar-refractivity contribution < 1.29 is 27.6 Å². The summed E-state index contributed by atoms with van der Waals surface area (Å²) in [6.07, 6.45) is 3.60. The normalized spacial score (nSPS) is 13.5. The van der Waals surface area contributed by atoms with Gasteiger partial charge in [0.25, 0.3) is 0 Å². The van der Waals surface area contributed by atoms with E-state index in [1.807, 2.05) is 183 Å². The molecule has 14 heteroatoms. The molecular formula is C66H68BIN4O8. The van der Waals surface area contributed by atoms with Crippen molar-refractivity contribution in [1.82, 2.24) is 18.9 Å². The van der Waals surface area contributed by atoms with Gasteiger partial charge in [-0.2, -0.15) is 0 Å². The first-order valence-electron chi connectivity index (χ1n) is 26.8. The highest BCUT2D eigenvalue weighted by atomic mass is 127. The molecule has 1 fully saturated rings. The largest absolute Gasteiger partial charge is 0.494 e. The van der Waals surface area contributed by atoms with E-state index in [-0.39, 0.29) is 29.2 Å². The number of ether oxygens (including phenoxy) is 2. The van der Waals surface area contributed by atoms with Gasteiger partial charge in [0.1, 0.15) is 30.5 Å². The Labute approximate surface area is 482 Å². The Morgan fingerprint density at radius 3 is 1.34 bits per heavy atom. The second kappa shape index (κ2) is 25.8. The van der Waals surface area contributed by atoms with E-state index in [2.05, 4.69) is 84.4 Å². The zero-order valence-corrected chi connectivity index (χ0v) is 48.9. The number of furan rings is 2. The van der Waals surface area contributed by atoms with Gasteiger partial charge in [0.05, 0.1) is 35.1 Å². The summed E-state index contributed by atoms with van der Waals surface area (Å²) in [7, 11) is 7.79. The molecule has 80 heavy (non-hydrogen) atoms. The molecular weight excluding hydrogens is 1110 g/mol. The van der Waals surface area contributed by atoms with Gasteiger partial charge in [-0.25, -0.2) is 0 Å². The van der Waals surface area contributed by atoms with Crippen molar-refractivity contribution in [1.29, 1.82) is 0 Å². The summed E-state index contributed by atoms with van der Waals surface area (Å²) in [5.41, 5.74) is 8.35. The number of rotatable bonds is 16. The predicted octanol–water partition coefficient (Wildman–Crippen LogP) is 12.8. The van der Waals surface area contributed by atoms with Gasteiger partial charge in [-0.3, -0.25) is 9.59 Å². The quantitative estimate of drug-likeness (QED) is 0.0684. The lowest BCUT2D eigenvalue weighted by Gasteiger charge is -2.32. The molecule has 12 nitrogen and oxygen atoms in total. The SMILES string of the molecule is CN(C)CCOc1ccc(-c2oc3c(c2-c2ccccc2)c(=O)ccn3Cc2ccccc2)cc1.CN(C)CCOc1ccc(B2OC(C)(C)C(C)(C)O2)cc1.O=c1ccn(Cc2ccccc2)c2oc(I)c(-c3ccccc3)c12. The summed E-state index contributed by atoms with van der Waals surface area (Å²) < 4.78 is 40.8. The highest BCUT2D eigenvalue weighted by Crippen LogP contribution is 2.41. The molecule has 10 aromatic rings. The summed E-state index contributed by atoms with van der Waals surface area (Å²) in [4.78, 5) is 29.8. The molecule has 1 aliphatic rings. The molecule has 4 aromatic heterocycles. The summed E-state index contributed by atoms with van der Waals surface area (Å²) in [6, 6.07) is 59.2. The van der Waals surface area contributed by atoms with Crippen molar-refractivity contribution in [2.24, 2.45) is 0 Å². The molecule has 0 saturated carbocycles. The van der Waals surface area contributed by atoms with Crippen LogP contribution in [0, 0.1) is 3.77 Å². The van der Waals surface area contributed by atoms with Crippen LogP contribution < -0.4 is 25.8 Å². The molecule has 0 aliphatic carbocycles. The third-order valence-electron chi connectivity index (χ3n) is 14.2. The van der Waals surface area contributed by atoms with Crippen LogP contribution in [0.3, 0.4) is 0 Å². The lowest BCUT2D eigenvalue weighted by Crippen LogP contribution is -2.41. The number of aromatic nitrogens is 2. The molecule has 0 amide bonds. The average molecular weight is 1180 g/mol. The highest BCUT2D eigenvalue weighted by molar-refractivity contribution is 14.1. The van der Waals surface area contributed by atoms with Gasteiger partial charge >= 0.3 is 7.12 Å². The van der Waals surface area contributed by atoms with E-state index in [1.54, 1.807) is 24.5 Å². The number of nitrogens with zero attached hydrogens (tertiary/aromatic N) is 4. The monoisotopic (exact) mass is 1180 g/mol. The molecule has 0 atom stereocenters. The molecule has 410 valence electrons. The van der Waals surface area contributed by atoms with Crippen molar-refractivity contribution in [3.63, 3.8) is 0 Å². The second-order valence-electron chi connectivity index (χ2n) is 21.2.